The molecule has 0 fully saturated rings. The molecule has 1 amide bonds. The number of nitrogens with one attached hydrogen (secondary N) is 1. The lowest BCUT2D eigenvalue weighted by Crippen LogP contribution is -2.45. The lowest BCUT2D eigenvalue weighted by atomic mass is 10.0. The number of nitrogens with zero attached hydrogens (tertiary/aromatic N) is 1. The van der Waals surface area contributed by atoms with Gasteiger partial charge in [0, 0.05) is 6.42 Å². The van der Waals surface area contributed by atoms with E-state index in [4.69, 9.17) is 9.05 Å². The predicted octanol–water partition coefficient (Wildman–Crippen LogP) is 16.3. The van der Waals surface area contributed by atoms with Gasteiger partial charge < -0.3 is 19.8 Å². The van der Waals surface area contributed by atoms with Gasteiger partial charge >= 0.3 is 7.82 Å². The van der Waals surface area contributed by atoms with Crippen molar-refractivity contribution in [2.24, 2.45) is 0 Å². The van der Waals surface area contributed by atoms with Crippen LogP contribution in [-0.2, 0) is 18.4 Å². The molecule has 0 aromatic rings. The molecule has 0 aliphatic carbocycles. The number of phosphoric ester groups is 1. The maximum Gasteiger partial charge on any atom is 0.472 e. The molecule has 0 aliphatic rings. The number of carbonyl (C=O) groups is 1. The zero-order valence-corrected chi connectivity index (χ0v) is 44.6. The molecule has 8 nitrogen and oxygen atoms in total. The Kier molecular flexibility index (Phi) is 46.5. The van der Waals surface area contributed by atoms with Gasteiger partial charge in [-0.15, -0.1) is 0 Å². The molecule has 0 bridgehead atoms. The third-order valence-corrected chi connectivity index (χ3v) is 12.9. The van der Waals surface area contributed by atoms with Gasteiger partial charge in [-0.3, -0.25) is 13.8 Å². The summed E-state index contributed by atoms with van der Waals surface area (Å²) in [6.07, 6.45) is 66.1. The molecule has 3 N–H and O–H groups in total. The summed E-state index contributed by atoms with van der Waals surface area (Å²) in [5.74, 6) is -0.189. The van der Waals surface area contributed by atoms with Gasteiger partial charge in [0.25, 0.3) is 0 Å². The minimum Gasteiger partial charge on any atom is -0.387 e. The van der Waals surface area contributed by atoms with Gasteiger partial charge in [-0.2, -0.15) is 0 Å². The van der Waals surface area contributed by atoms with Crippen LogP contribution in [0.1, 0.15) is 232 Å². The van der Waals surface area contributed by atoms with Crippen molar-refractivity contribution in [3.63, 3.8) is 0 Å². The van der Waals surface area contributed by atoms with Crippen molar-refractivity contribution in [2.45, 2.75) is 244 Å². The van der Waals surface area contributed by atoms with E-state index in [0.717, 1.165) is 64.2 Å². The molecule has 0 aliphatic heterocycles. The number of amides is 1. The number of likely N-dealkylation sites (N-methyl/N-ethyl adjacent to an activating group) is 1. The van der Waals surface area contributed by atoms with E-state index in [2.05, 4.69) is 79.9 Å². The highest BCUT2D eigenvalue weighted by molar-refractivity contribution is 7.47. The summed E-state index contributed by atoms with van der Waals surface area (Å²) in [5.41, 5.74) is 0. The number of carbonyl (C=O) groups excluding carboxylic acids is 1. The molecule has 0 aromatic carbocycles. The van der Waals surface area contributed by atoms with Crippen LogP contribution >= 0.6 is 7.82 Å². The van der Waals surface area contributed by atoms with E-state index >= 15 is 0 Å². The van der Waals surface area contributed by atoms with Crippen molar-refractivity contribution < 1.29 is 32.9 Å². The quantitative estimate of drug-likeness (QED) is 0.0243. The van der Waals surface area contributed by atoms with E-state index in [1.165, 1.54) is 148 Å². The minimum absolute atomic E-state index is 0.0552. The van der Waals surface area contributed by atoms with E-state index in [9.17, 15) is 19.4 Å². The van der Waals surface area contributed by atoms with Gasteiger partial charge in [-0.25, -0.2) is 4.57 Å². The monoisotopic (exact) mass is 946 g/mol. The van der Waals surface area contributed by atoms with Crippen molar-refractivity contribution in [1.82, 2.24) is 5.32 Å². The number of quaternary nitrogens is 1. The van der Waals surface area contributed by atoms with Crippen LogP contribution in [0.2, 0.25) is 0 Å². The SMILES string of the molecule is CC/C=C\C/C=C\C/C=C\C/C=C\CCCCCCCCCCCCCCCCCCCCCCCCC(=O)NC(COP(=O)(O)OCC[N+](C)(C)C)C(O)/C=C/CC/C=C/CCCCC. The summed E-state index contributed by atoms with van der Waals surface area (Å²) in [5, 5.41) is 13.8. The molecule has 384 valence electrons. The summed E-state index contributed by atoms with van der Waals surface area (Å²) in [6.45, 7) is 4.63. The van der Waals surface area contributed by atoms with Gasteiger partial charge in [0.2, 0.25) is 5.91 Å². The van der Waals surface area contributed by atoms with E-state index in [0.29, 0.717) is 17.4 Å². The normalized spacial score (nSPS) is 14.6. The molecule has 0 saturated carbocycles. The Labute approximate surface area is 408 Å². The van der Waals surface area contributed by atoms with Gasteiger partial charge in [0.15, 0.2) is 0 Å². The van der Waals surface area contributed by atoms with Crippen LogP contribution in [0.5, 0.6) is 0 Å². The number of allylic oxidation sites excluding steroid dienone is 11. The molecule has 0 spiro atoms. The molecule has 66 heavy (non-hydrogen) atoms. The predicted molar refractivity (Wildman–Crippen MR) is 286 cm³/mol. The Morgan fingerprint density at radius 2 is 0.924 bits per heavy atom. The Morgan fingerprint density at radius 1 is 0.530 bits per heavy atom. The van der Waals surface area contributed by atoms with Gasteiger partial charge in [0.1, 0.15) is 13.2 Å². The van der Waals surface area contributed by atoms with Crippen molar-refractivity contribution in [3.05, 3.63) is 72.9 Å². The van der Waals surface area contributed by atoms with Crippen LogP contribution in [0, 0.1) is 0 Å². The van der Waals surface area contributed by atoms with Crippen molar-refractivity contribution in [3.8, 4) is 0 Å². The van der Waals surface area contributed by atoms with Crippen LogP contribution in [0.25, 0.3) is 0 Å². The van der Waals surface area contributed by atoms with Crippen LogP contribution < -0.4 is 5.32 Å². The van der Waals surface area contributed by atoms with Crippen LogP contribution in [0.4, 0.5) is 0 Å². The largest absolute Gasteiger partial charge is 0.472 e. The molecule has 0 saturated heterocycles. The molecule has 9 heteroatoms. The molecule has 3 unspecified atom stereocenters. The Balaban J connectivity index is 3.90. The fraction of sp³-hybridized carbons (Fsp3) is 0.772. The summed E-state index contributed by atoms with van der Waals surface area (Å²) in [4.78, 5) is 23.1. The van der Waals surface area contributed by atoms with Crippen molar-refractivity contribution in [2.75, 3.05) is 40.9 Å². The standard InChI is InChI=1S/C57H105N2O6P/c1-6-8-10-12-14-16-17-18-19-20-21-22-23-24-25-26-27-28-29-30-31-32-33-34-35-36-37-38-39-40-41-43-45-47-49-51-57(61)58-55(54-65-66(62,63)64-53-52-59(3,4)5)56(60)50-48-46-44-42-15-13-11-9-7-2/h8,10,14-16,18-19,21-22,42,48,50,55-56,60H,6-7,9,11-13,17,20,23-41,43-47,49,51-54H2,1-5H3,(H-,58,61,62,63)/p+1/b10-8-,16-14-,19-18-,22-21-,42-15+,50-48+. The average Bonchev–Trinajstić information content (AvgIpc) is 3.28. The molecular weight excluding hydrogens is 840 g/mol. The lowest BCUT2D eigenvalue weighted by molar-refractivity contribution is -0.870. The van der Waals surface area contributed by atoms with Crippen molar-refractivity contribution >= 4 is 13.7 Å². The van der Waals surface area contributed by atoms with E-state index < -0.39 is 20.0 Å². The van der Waals surface area contributed by atoms with Gasteiger partial charge in [0.05, 0.1) is 39.9 Å². The summed E-state index contributed by atoms with van der Waals surface area (Å²) < 4.78 is 23.5. The smallest absolute Gasteiger partial charge is 0.387 e. The second-order valence-corrected chi connectivity index (χ2v) is 21.0. The maximum absolute atomic E-state index is 12.9. The number of phosphoric acid groups is 1. The summed E-state index contributed by atoms with van der Waals surface area (Å²) in [7, 11) is 1.55. The fourth-order valence-electron chi connectivity index (χ4n) is 7.64. The maximum atomic E-state index is 12.9. The first-order valence-electron chi connectivity index (χ1n) is 27.3. The first-order chi connectivity index (χ1) is 32.0. The van der Waals surface area contributed by atoms with Gasteiger partial charge in [-0.05, 0) is 70.6 Å². The first kappa shape index (κ1) is 63.9. The molecule has 0 heterocycles. The highest BCUT2D eigenvalue weighted by atomic mass is 31.2. The van der Waals surface area contributed by atoms with E-state index in [1.54, 1.807) is 6.08 Å². The van der Waals surface area contributed by atoms with Crippen LogP contribution in [0.15, 0.2) is 72.9 Å². The van der Waals surface area contributed by atoms with Crippen molar-refractivity contribution in [1.29, 1.82) is 0 Å². The van der Waals surface area contributed by atoms with E-state index in [1.807, 2.05) is 27.2 Å². The highest BCUT2D eigenvalue weighted by Crippen LogP contribution is 2.43. The third kappa shape index (κ3) is 49.8. The van der Waals surface area contributed by atoms with Crippen LogP contribution in [0.3, 0.4) is 0 Å². The zero-order valence-electron chi connectivity index (χ0n) is 43.7. The second-order valence-electron chi connectivity index (χ2n) is 19.6. The number of aliphatic hydroxyl groups excluding tert-OH is 1. The number of hydrogen-bond acceptors (Lipinski definition) is 5. The lowest BCUT2D eigenvalue weighted by Gasteiger charge is -2.25. The topological polar surface area (TPSA) is 105 Å². The Morgan fingerprint density at radius 3 is 1.39 bits per heavy atom. The summed E-state index contributed by atoms with van der Waals surface area (Å²) >= 11 is 0. The zero-order chi connectivity index (χ0) is 48.5. The first-order valence-corrected chi connectivity index (χ1v) is 28.8. The fourth-order valence-corrected chi connectivity index (χ4v) is 8.37. The molecule has 3 atom stereocenters. The van der Waals surface area contributed by atoms with E-state index in [-0.39, 0.29) is 19.1 Å². The Hall–Kier alpha value is -2.06. The molecule has 0 aromatic heterocycles. The summed E-state index contributed by atoms with van der Waals surface area (Å²) in [6, 6.07) is -0.861. The van der Waals surface area contributed by atoms with Gasteiger partial charge in [-0.1, -0.05) is 228 Å². The molecular formula is C57H106N2O6P+. The average molecular weight is 946 g/mol. The second kappa shape index (κ2) is 48.0. The molecule has 0 rings (SSSR count). The third-order valence-electron chi connectivity index (χ3n) is 11.9. The number of hydrogen-bond donors (Lipinski definition) is 3. The number of rotatable bonds is 49. The van der Waals surface area contributed by atoms with Crippen LogP contribution in [-0.4, -0.2) is 73.4 Å². The Bertz CT molecular complexity index is 1300. The highest BCUT2D eigenvalue weighted by Gasteiger charge is 2.27. The number of unbranched alkanes of at least 4 members (excludes halogenated alkanes) is 26. The molecule has 0 radical (unpaired) electrons. The number of aliphatic hydroxyl groups is 1. The minimum atomic E-state index is -4.34.